The molecule has 2 heterocycles. The lowest BCUT2D eigenvalue weighted by Gasteiger charge is -2.35. The van der Waals surface area contributed by atoms with Crippen molar-refractivity contribution in [1.29, 1.82) is 0 Å². The minimum absolute atomic E-state index is 0.0657. The summed E-state index contributed by atoms with van der Waals surface area (Å²) in [4.78, 5) is 42.7. The number of carbonyl (C=O) groups excluding carboxylic acids is 3. The van der Waals surface area contributed by atoms with Gasteiger partial charge in [-0.3, -0.25) is 19.3 Å². The second kappa shape index (κ2) is 13.9. The number of rotatable bonds is 8. The Balaban J connectivity index is 2.03. The number of nitrogens with one attached hydrogen (secondary N) is 3. The number of fused-ring (bicyclic) bond motifs is 10. The molecule has 0 unspecified atom stereocenters. The third-order valence-electron chi connectivity index (χ3n) is 7.14. The van der Waals surface area contributed by atoms with Crippen LogP contribution in [0.1, 0.15) is 45.2 Å². The van der Waals surface area contributed by atoms with Gasteiger partial charge in [0.05, 0.1) is 6.04 Å². The highest BCUT2D eigenvalue weighted by Crippen LogP contribution is 2.21. The first kappa shape index (κ1) is 29.9. The van der Waals surface area contributed by atoms with Crippen molar-refractivity contribution < 1.29 is 19.1 Å². The van der Waals surface area contributed by atoms with Crippen molar-refractivity contribution in [1.82, 2.24) is 20.9 Å². The van der Waals surface area contributed by atoms with Gasteiger partial charge in [-0.2, -0.15) is 0 Å². The maximum atomic E-state index is 14.0. The number of carbonyl (C=O) groups is 3. The molecule has 0 saturated carbocycles. The highest BCUT2D eigenvalue weighted by Gasteiger charge is 2.38. The zero-order chi connectivity index (χ0) is 28.5. The van der Waals surface area contributed by atoms with Gasteiger partial charge in [-0.1, -0.05) is 76.6 Å². The first-order valence-corrected chi connectivity index (χ1v) is 13.7. The van der Waals surface area contributed by atoms with Crippen molar-refractivity contribution in [3.63, 3.8) is 0 Å². The molecule has 2 aromatic carbocycles. The van der Waals surface area contributed by atoms with Gasteiger partial charge in [0, 0.05) is 12.6 Å². The molecule has 2 aliphatic heterocycles. The van der Waals surface area contributed by atoms with Crippen LogP contribution in [0, 0.1) is 11.8 Å². The molecule has 210 valence electrons. The average Bonchev–Trinajstić information content (AvgIpc) is 2.90. The van der Waals surface area contributed by atoms with E-state index in [9.17, 15) is 14.4 Å². The summed E-state index contributed by atoms with van der Waals surface area (Å²) < 4.78 is 6.35. The lowest BCUT2D eigenvalue weighted by Crippen LogP contribution is -2.62. The Bertz CT molecular complexity index is 1130. The molecule has 4 rings (SSSR count). The molecular formula is C31H42N4O4. The highest BCUT2D eigenvalue weighted by atomic mass is 16.5. The van der Waals surface area contributed by atoms with E-state index < -0.39 is 30.1 Å². The van der Waals surface area contributed by atoms with Crippen LogP contribution in [0.2, 0.25) is 0 Å². The lowest BCUT2D eigenvalue weighted by molar-refractivity contribution is -0.136. The monoisotopic (exact) mass is 534 g/mol. The molecule has 3 amide bonds. The maximum Gasteiger partial charge on any atom is 0.247 e. The van der Waals surface area contributed by atoms with Gasteiger partial charge in [0.25, 0.3) is 0 Å². The van der Waals surface area contributed by atoms with Crippen LogP contribution < -0.4 is 20.7 Å². The maximum absolute atomic E-state index is 14.0. The van der Waals surface area contributed by atoms with E-state index in [1.54, 1.807) is 12.3 Å². The number of ether oxygens (including phenoxy) is 1. The van der Waals surface area contributed by atoms with E-state index >= 15 is 0 Å². The zero-order valence-corrected chi connectivity index (χ0v) is 23.8. The van der Waals surface area contributed by atoms with Gasteiger partial charge in [-0.15, -0.1) is 0 Å². The predicted molar refractivity (Wildman–Crippen MR) is 154 cm³/mol. The molecule has 0 radical (unpaired) electrons. The fourth-order valence-corrected chi connectivity index (χ4v) is 4.81. The Labute approximate surface area is 232 Å². The minimum atomic E-state index is -1.03. The average molecular weight is 535 g/mol. The Morgan fingerprint density at radius 1 is 1.00 bits per heavy atom. The third kappa shape index (κ3) is 8.17. The molecule has 8 nitrogen and oxygen atoms in total. The molecule has 5 atom stereocenters. The van der Waals surface area contributed by atoms with Crippen LogP contribution in [0.4, 0.5) is 0 Å². The SMILES string of the molecule is CC[C@@H](C)[C@@H](C(=O)N[C@@H]1C(=O)N[C@@H](Cc2ccccc2)C(=O)NC=Cc2ccc(cc2)O[C@@H]1C(C)C)N(C)C. The van der Waals surface area contributed by atoms with Crippen LogP contribution >= 0.6 is 0 Å². The Hall–Kier alpha value is -3.65. The van der Waals surface area contributed by atoms with Crippen molar-refractivity contribution in [2.75, 3.05) is 14.1 Å². The number of hydrogen-bond acceptors (Lipinski definition) is 5. The zero-order valence-electron chi connectivity index (χ0n) is 23.8. The van der Waals surface area contributed by atoms with Gasteiger partial charge in [-0.05, 0) is 55.3 Å². The van der Waals surface area contributed by atoms with Gasteiger partial charge in [0.1, 0.15) is 23.9 Å². The van der Waals surface area contributed by atoms with Crippen LogP contribution in [-0.2, 0) is 20.8 Å². The molecule has 2 aromatic rings. The Morgan fingerprint density at radius 2 is 1.67 bits per heavy atom. The molecular weight excluding hydrogens is 492 g/mol. The van der Waals surface area contributed by atoms with Crippen molar-refractivity contribution >= 4 is 23.8 Å². The van der Waals surface area contributed by atoms with E-state index in [2.05, 4.69) is 16.0 Å². The summed E-state index contributed by atoms with van der Waals surface area (Å²) in [6, 6.07) is 14.6. The van der Waals surface area contributed by atoms with E-state index in [4.69, 9.17) is 4.74 Å². The van der Waals surface area contributed by atoms with Crippen LogP contribution in [0.3, 0.4) is 0 Å². The number of hydrogen-bond donors (Lipinski definition) is 3. The van der Waals surface area contributed by atoms with Gasteiger partial charge in [0.15, 0.2) is 0 Å². The van der Waals surface area contributed by atoms with Crippen LogP contribution in [0.15, 0.2) is 60.8 Å². The standard InChI is InChI=1S/C31H42N4O4/c1-7-21(4)27(35(5)6)31(38)34-26-28(20(2)3)39-24-15-13-22(14-16-24)17-18-32-29(36)25(33-30(26)37)19-23-11-9-8-10-12-23/h8-18,20-21,25-28H,7,19H2,1-6H3,(H,32,36)(H,33,37)(H,34,38)/t21-,25+,26+,27+,28-/m1/s1. The van der Waals surface area contributed by atoms with Crippen molar-refractivity contribution in [3.05, 3.63) is 71.9 Å². The second-order valence-electron chi connectivity index (χ2n) is 10.8. The first-order valence-electron chi connectivity index (χ1n) is 13.7. The predicted octanol–water partition coefficient (Wildman–Crippen LogP) is 3.38. The normalized spacial score (nSPS) is 21.5. The molecule has 0 aromatic heterocycles. The fraction of sp³-hybridized carbons (Fsp3) is 0.452. The van der Waals surface area contributed by atoms with Gasteiger partial charge in [-0.25, -0.2) is 0 Å². The van der Waals surface area contributed by atoms with Gasteiger partial charge in [0.2, 0.25) is 17.7 Å². The Kier molecular flexibility index (Phi) is 10.7. The number of benzene rings is 2. The van der Waals surface area contributed by atoms with E-state index in [1.165, 1.54) is 0 Å². The summed E-state index contributed by atoms with van der Waals surface area (Å²) in [5.41, 5.74) is 1.79. The summed E-state index contributed by atoms with van der Waals surface area (Å²) in [6.45, 7) is 7.95. The van der Waals surface area contributed by atoms with Crippen LogP contribution in [-0.4, -0.2) is 60.9 Å². The summed E-state index contributed by atoms with van der Waals surface area (Å²) in [5.74, 6) is -0.558. The second-order valence-corrected chi connectivity index (χ2v) is 10.8. The lowest BCUT2D eigenvalue weighted by atomic mass is 9.94. The smallest absolute Gasteiger partial charge is 0.247 e. The third-order valence-corrected chi connectivity index (χ3v) is 7.14. The molecule has 2 aliphatic rings. The van der Waals surface area contributed by atoms with Gasteiger partial charge < -0.3 is 20.7 Å². The molecule has 39 heavy (non-hydrogen) atoms. The molecule has 0 saturated heterocycles. The number of likely N-dealkylation sites (N-methyl/N-ethyl adjacent to an activating group) is 1. The molecule has 3 N–H and O–H groups in total. The topological polar surface area (TPSA) is 99.8 Å². The molecule has 0 spiro atoms. The summed E-state index contributed by atoms with van der Waals surface area (Å²) in [6.07, 6.45) is 3.77. The van der Waals surface area contributed by atoms with Crippen molar-refractivity contribution in [2.45, 2.75) is 64.8 Å². The van der Waals surface area contributed by atoms with E-state index in [-0.39, 0.29) is 23.7 Å². The quantitative estimate of drug-likeness (QED) is 0.482. The molecule has 8 heteroatoms. The Morgan fingerprint density at radius 3 is 2.26 bits per heavy atom. The molecule has 2 bridgehead atoms. The number of amides is 3. The van der Waals surface area contributed by atoms with E-state index in [0.717, 1.165) is 17.5 Å². The molecule has 0 fully saturated rings. The summed E-state index contributed by atoms with van der Waals surface area (Å²) >= 11 is 0. The first-order chi connectivity index (χ1) is 18.6. The van der Waals surface area contributed by atoms with Crippen LogP contribution in [0.25, 0.3) is 6.08 Å². The van der Waals surface area contributed by atoms with Crippen molar-refractivity contribution in [2.24, 2.45) is 11.8 Å². The van der Waals surface area contributed by atoms with E-state index in [1.807, 2.05) is 101 Å². The summed E-state index contributed by atoms with van der Waals surface area (Å²) in [5, 5.41) is 8.72. The largest absolute Gasteiger partial charge is 0.487 e. The summed E-state index contributed by atoms with van der Waals surface area (Å²) in [7, 11) is 3.71. The van der Waals surface area contributed by atoms with Gasteiger partial charge >= 0.3 is 0 Å². The number of nitrogens with zero attached hydrogens (tertiary/aromatic N) is 1. The van der Waals surface area contributed by atoms with E-state index in [0.29, 0.717) is 12.2 Å². The highest BCUT2D eigenvalue weighted by molar-refractivity contribution is 5.94. The van der Waals surface area contributed by atoms with Crippen molar-refractivity contribution in [3.8, 4) is 5.75 Å². The van der Waals surface area contributed by atoms with Crippen LogP contribution in [0.5, 0.6) is 5.75 Å². The molecule has 0 aliphatic carbocycles. The fourth-order valence-electron chi connectivity index (χ4n) is 4.81. The minimum Gasteiger partial charge on any atom is -0.487 e.